The summed E-state index contributed by atoms with van der Waals surface area (Å²) in [6.45, 7) is 0. The van der Waals surface area contributed by atoms with Crippen LogP contribution in [0.3, 0.4) is 0 Å². The van der Waals surface area contributed by atoms with Crippen LogP contribution in [0, 0.1) is 28.6 Å². The first kappa shape index (κ1) is 18.3. The van der Waals surface area contributed by atoms with Gasteiger partial charge in [0.25, 0.3) is 0 Å². The Labute approximate surface area is 178 Å². The molecule has 0 bridgehead atoms. The number of nitrogens with zero attached hydrogens (tertiary/aromatic N) is 3. The molecule has 5 rings (SSSR count). The van der Waals surface area contributed by atoms with E-state index in [1.165, 1.54) is 41.0 Å². The van der Waals surface area contributed by atoms with Gasteiger partial charge in [-0.1, -0.05) is 30.7 Å². The zero-order valence-corrected chi connectivity index (χ0v) is 17.6. The Morgan fingerprint density at radius 2 is 2.03 bits per heavy atom. The minimum absolute atomic E-state index is 0.131. The van der Waals surface area contributed by atoms with Crippen molar-refractivity contribution < 1.29 is 0 Å². The summed E-state index contributed by atoms with van der Waals surface area (Å²) in [6.07, 6.45) is 12.5. The van der Waals surface area contributed by atoms with Crippen LogP contribution in [0.2, 0.25) is 0 Å². The van der Waals surface area contributed by atoms with Gasteiger partial charge in [-0.3, -0.25) is 0 Å². The summed E-state index contributed by atoms with van der Waals surface area (Å²) in [5.41, 5.74) is 5.45. The maximum Gasteiger partial charge on any atom is 0.126 e. The third kappa shape index (κ3) is 3.12. The second-order valence-electron chi connectivity index (χ2n) is 7.54. The molecule has 0 fully saturated rings. The Balaban J connectivity index is 1.83. The maximum absolute atomic E-state index is 10.2. The number of allylic oxidation sites excluding steroid dienone is 4. The van der Waals surface area contributed by atoms with Crippen molar-refractivity contribution >= 4 is 38.5 Å². The Bertz CT molecular complexity index is 1230. The predicted octanol–water partition coefficient (Wildman–Crippen LogP) is 6.65. The average Bonchev–Trinajstić information content (AvgIpc) is 3.34. The molecule has 1 unspecified atom stereocenters. The van der Waals surface area contributed by atoms with Crippen LogP contribution in [-0.2, 0) is 12.8 Å². The lowest BCUT2D eigenvalue weighted by atomic mass is 9.92. The van der Waals surface area contributed by atoms with E-state index in [1.807, 2.05) is 12.2 Å². The van der Waals surface area contributed by atoms with Gasteiger partial charge in [-0.05, 0) is 54.7 Å². The highest BCUT2D eigenvalue weighted by atomic mass is 32.1. The fraction of sp³-hybridized carbons (Fsp3) is 0.292. The Kier molecular flexibility index (Phi) is 4.79. The van der Waals surface area contributed by atoms with E-state index in [-0.39, 0.29) is 5.92 Å². The van der Waals surface area contributed by atoms with Crippen molar-refractivity contribution in [2.24, 2.45) is 5.92 Å². The number of nitriles is 2. The Morgan fingerprint density at radius 3 is 2.83 bits per heavy atom. The third-order valence-corrected chi connectivity index (χ3v) is 7.76. The quantitative estimate of drug-likeness (QED) is 0.442. The van der Waals surface area contributed by atoms with Crippen LogP contribution in [0.4, 0.5) is 0 Å². The van der Waals surface area contributed by atoms with Crippen LogP contribution >= 0.6 is 22.7 Å². The van der Waals surface area contributed by atoms with Crippen molar-refractivity contribution in [3.8, 4) is 22.6 Å². The number of hydrogen-bond donors (Lipinski definition) is 0. The van der Waals surface area contributed by atoms with Gasteiger partial charge in [-0.2, -0.15) is 10.5 Å². The summed E-state index contributed by atoms with van der Waals surface area (Å²) in [7, 11) is 0. The summed E-state index contributed by atoms with van der Waals surface area (Å²) >= 11 is 3.33. The summed E-state index contributed by atoms with van der Waals surface area (Å²) < 4.78 is 0. The molecule has 0 N–H and O–H groups in total. The van der Waals surface area contributed by atoms with Crippen LogP contribution in [0.1, 0.15) is 47.4 Å². The molecule has 29 heavy (non-hydrogen) atoms. The van der Waals surface area contributed by atoms with Crippen LogP contribution in [0.5, 0.6) is 0 Å². The molecule has 3 aromatic heterocycles. The number of thiophene rings is 2. The van der Waals surface area contributed by atoms with E-state index in [0.29, 0.717) is 5.56 Å². The molecular weight excluding hydrogens is 394 g/mol. The lowest BCUT2D eigenvalue weighted by Gasteiger charge is -2.13. The number of hydrogen-bond acceptors (Lipinski definition) is 5. The highest BCUT2D eigenvalue weighted by Gasteiger charge is 2.26. The molecule has 5 heteroatoms. The second kappa shape index (κ2) is 7.59. The zero-order valence-electron chi connectivity index (χ0n) is 15.9. The monoisotopic (exact) mass is 413 g/mol. The van der Waals surface area contributed by atoms with E-state index in [2.05, 4.69) is 35.7 Å². The number of pyridine rings is 1. The van der Waals surface area contributed by atoms with Gasteiger partial charge >= 0.3 is 0 Å². The first-order chi connectivity index (χ1) is 14.3. The Morgan fingerprint density at radius 1 is 1.14 bits per heavy atom. The summed E-state index contributed by atoms with van der Waals surface area (Å²) in [6, 6.07) is 9.07. The molecule has 0 aromatic carbocycles. The van der Waals surface area contributed by atoms with Crippen LogP contribution in [0.15, 0.2) is 35.7 Å². The molecule has 0 aliphatic heterocycles. The molecule has 142 valence electrons. The van der Waals surface area contributed by atoms with Gasteiger partial charge in [0.2, 0.25) is 0 Å². The molecule has 0 radical (unpaired) electrons. The summed E-state index contributed by atoms with van der Waals surface area (Å²) in [5, 5.41) is 22.6. The highest BCUT2D eigenvalue weighted by molar-refractivity contribution is 7.20. The number of aryl methyl sites for hydroxylation is 1. The smallest absolute Gasteiger partial charge is 0.126 e. The van der Waals surface area contributed by atoms with Gasteiger partial charge in [-0.25, -0.2) is 4.98 Å². The molecule has 3 heterocycles. The van der Waals surface area contributed by atoms with Crippen molar-refractivity contribution in [3.05, 3.63) is 57.4 Å². The van der Waals surface area contributed by atoms with E-state index in [4.69, 9.17) is 4.98 Å². The Hall–Kier alpha value is -2.73. The van der Waals surface area contributed by atoms with Crippen LogP contribution in [0.25, 0.3) is 26.2 Å². The zero-order chi connectivity index (χ0) is 19.8. The second-order valence-corrected chi connectivity index (χ2v) is 9.49. The normalized spacial score (nSPS) is 18.6. The van der Waals surface area contributed by atoms with Gasteiger partial charge < -0.3 is 0 Å². The van der Waals surface area contributed by atoms with Crippen LogP contribution < -0.4 is 0 Å². The van der Waals surface area contributed by atoms with E-state index in [0.717, 1.165) is 39.9 Å². The molecule has 3 nitrogen and oxygen atoms in total. The standard InChI is InChI=1S/C24H19N3S2/c25-13-15-6-4-7-16(12-15)23-18(14-26)22-21(20-10-5-11-28-20)17-8-2-1-3-9-19(17)27-24(22)29-23/h4-5,7,10-12,15H,1-3,6,8-9H2. The van der Waals surface area contributed by atoms with Crippen molar-refractivity contribution in [2.75, 3.05) is 0 Å². The highest BCUT2D eigenvalue weighted by Crippen LogP contribution is 2.45. The fourth-order valence-electron chi connectivity index (χ4n) is 4.39. The van der Waals surface area contributed by atoms with E-state index in [1.54, 1.807) is 22.7 Å². The van der Waals surface area contributed by atoms with Gasteiger partial charge in [0, 0.05) is 21.5 Å². The van der Waals surface area contributed by atoms with Crippen LogP contribution in [-0.4, -0.2) is 4.98 Å². The minimum atomic E-state index is -0.131. The summed E-state index contributed by atoms with van der Waals surface area (Å²) in [4.78, 5) is 8.19. The van der Waals surface area contributed by atoms with Crippen molar-refractivity contribution in [2.45, 2.75) is 38.5 Å². The molecule has 3 aromatic rings. The third-order valence-electron chi connectivity index (χ3n) is 5.74. The first-order valence-corrected chi connectivity index (χ1v) is 11.7. The molecule has 0 amide bonds. The fourth-order valence-corrected chi connectivity index (χ4v) is 6.35. The van der Waals surface area contributed by atoms with E-state index < -0.39 is 0 Å². The summed E-state index contributed by atoms with van der Waals surface area (Å²) in [5.74, 6) is -0.131. The van der Waals surface area contributed by atoms with Crippen molar-refractivity contribution in [1.29, 1.82) is 10.5 Å². The first-order valence-electron chi connectivity index (χ1n) is 10.0. The topological polar surface area (TPSA) is 60.5 Å². The molecule has 2 aliphatic carbocycles. The SMILES string of the molecule is N#Cc1c(C2=CC(C#N)CC=C2)sc2nc3c(c(-c4cccs4)c12)CCCCC3. The minimum Gasteiger partial charge on any atom is -0.242 e. The predicted molar refractivity (Wildman–Crippen MR) is 120 cm³/mol. The van der Waals surface area contributed by atoms with E-state index >= 15 is 0 Å². The van der Waals surface area contributed by atoms with Gasteiger partial charge in [-0.15, -0.1) is 22.7 Å². The van der Waals surface area contributed by atoms with E-state index in [9.17, 15) is 10.5 Å². The maximum atomic E-state index is 10.2. The molecule has 0 saturated heterocycles. The average molecular weight is 414 g/mol. The van der Waals surface area contributed by atoms with Gasteiger partial charge in [0.05, 0.1) is 22.4 Å². The molecule has 2 aliphatic rings. The van der Waals surface area contributed by atoms with Gasteiger partial charge in [0.15, 0.2) is 0 Å². The molecule has 1 atom stereocenters. The van der Waals surface area contributed by atoms with Crippen molar-refractivity contribution in [3.63, 3.8) is 0 Å². The lowest BCUT2D eigenvalue weighted by molar-refractivity contribution is 0.709. The molecular formula is C24H19N3S2. The number of aromatic nitrogens is 1. The van der Waals surface area contributed by atoms with Crippen molar-refractivity contribution in [1.82, 2.24) is 4.98 Å². The molecule has 0 spiro atoms. The number of rotatable bonds is 2. The van der Waals surface area contributed by atoms with Gasteiger partial charge in [0.1, 0.15) is 10.9 Å². The lowest BCUT2D eigenvalue weighted by Crippen LogP contribution is -1.99. The number of fused-ring (bicyclic) bond motifs is 2. The molecule has 0 saturated carbocycles. The largest absolute Gasteiger partial charge is 0.242 e.